The molecule has 1 fully saturated rings. The summed E-state index contributed by atoms with van der Waals surface area (Å²) in [6, 6.07) is 15.6. The summed E-state index contributed by atoms with van der Waals surface area (Å²) in [5.74, 6) is 0.204. The Morgan fingerprint density at radius 1 is 1.10 bits per heavy atom. The normalized spacial score (nSPS) is 16.7. The fourth-order valence-corrected chi connectivity index (χ4v) is 5.33. The molecule has 1 aliphatic rings. The minimum Gasteiger partial charge on any atom is -0.464 e. The van der Waals surface area contributed by atoms with Crippen LogP contribution in [0, 0.1) is 0 Å². The first kappa shape index (κ1) is 21.6. The second kappa shape index (κ2) is 8.48. The maximum Gasteiger partial charge on any atom is 0.298 e. The molecular weight excluding hydrogens is 412 g/mol. The van der Waals surface area contributed by atoms with Crippen molar-refractivity contribution in [3.63, 3.8) is 0 Å². The molecule has 4 rings (SSSR count). The van der Waals surface area contributed by atoms with Crippen LogP contribution < -0.4 is 3.89 Å². The van der Waals surface area contributed by atoms with Crippen LogP contribution in [-0.4, -0.2) is 52.2 Å². The number of hydrogen-bond acceptors (Lipinski definition) is 4. The van der Waals surface area contributed by atoms with Crippen LogP contribution >= 0.6 is 0 Å². The molecule has 1 unspecified atom stereocenters. The summed E-state index contributed by atoms with van der Waals surface area (Å²) in [6.07, 6.45) is 5.93. The molecule has 3 aromatic rings. The van der Waals surface area contributed by atoms with Crippen molar-refractivity contribution in [3.8, 4) is 11.1 Å². The van der Waals surface area contributed by atoms with E-state index in [1.165, 1.54) is 6.26 Å². The molecule has 164 valence electrons. The zero-order valence-corrected chi connectivity index (χ0v) is 18.9. The first-order valence-electron chi connectivity index (χ1n) is 10.7. The first-order valence-corrected chi connectivity index (χ1v) is 12.6. The Morgan fingerprint density at radius 3 is 2.55 bits per heavy atom. The second-order valence-electron chi connectivity index (χ2n) is 8.44. The summed E-state index contributed by atoms with van der Waals surface area (Å²) in [5, 5.41) is 0.940. The quantitative estimate of drug-likeness (QED) is 0.384. The monoisotopic (exact) mass is 441 g/mol. The fraction of sp³-hybridized carbons (Fsp3) is 0.375. The van der Waals surface area contributed by atoms with Gasteiger partial charge in [-0.1, -0.05) is 30.3 Å². The maximum absolute atomic E-state index is 13.1. The van der Waals surface area contributed by atoms with Gasteiger partial charge in [-0.2, -0.15) is 12.3 Å². The Bertz CT molecular complexity index is 1190. The third kappa shape index (κ3) is 4.25. The first-order chi connectivity index (χ1) is 14.8. The van der Waals surface area contributed by atoms with Gasteiger partial charge in [0.05, 0.1) is 26.1 Å². The average Bonchev–Trinajstić information content (AvgIpc) is 3.38. The number of hydrogen-bond donors (Lipinski definition) is 0. The predicted molar refractivity (Wildman–Crippen MR) is 124 cm³/mol. The Kier molecular flexibility index (Phi) is 5.90. The summed E-state index contributed by atoms with van der Waals surface area (Å²) in [6.45, 7) is 1.92. The van der Waals surface area contributed by atoms with E-state index in [1.807, 2.05) is 53.4 Å². The highest BCUT2D eigenvalue weighted by molar-refractivity contribution is 7.90. The minimum absolute atomic E-state index is 0.204. The van der Waals surface area contributed by atoms with Gasteiger partial charge in [0.25, 0.3) is 10.0 Å². The fourth-order valence-electron chi connectivity index (χ4n) is 4.36. The third-order valence-electron chi connectivity index (χ3n) is 6.33. The Balaban J connectivity index is 1.69. The van der Waals surface area contributed by atoms with Crippen LogP contribution in [0.1, 0.15) is 25.7 Å². The summed E-state index contributed by atoms with van der Waals surface area (Å²) < 4.78 is 31.6. The van der Waals surface area contributed by atoms with Crippen molar-refractivity contribution in [1.29, 1.82) is 0 Å². The molecule has 1 atom stereocenters. The van der Waals surface area contributed by atoms with Crippen molar-refractivity contribution < 1.29 is 17.6 Å². The molecule has 6 nitrogen and oxygen atoms in total. The van der Waals surface area contributed by atoms with Gasteiger partial charge in [-0.3, -0.25) is 4.79 Å². The molecule has 1 amide bonds. The molecule has 0 spiro atoms. The zero-order valence-electron chi connectivity index (χ0n) is 18.1. The largest absolute Gasteiger partial charge is 0.464 e. The number of fused-ring (bicyclic) bond motifs is 1. The number of sulfonamides is 1. The van der Waals surface area contributed by atoms with Gasteiger partial charge in [0, 0.05) is 36.5 Å². The summed E-state index contributed by atoms with van der Waals surface area (Å²) in [7, 11) is -1.74. The lowest BCUT2D eigenvalue weighted by Crippen LogP contribution is -2.51. The smallest absolute Gasteiger partial charge is 0.298 e. The van der Waals surface area contributed by atoms with Crippen LogP contribution in [0.2, 0.25) is 0 Å². The van der Waals surface area contributed by atoms with Crippen molar-refractivity contribution in [1.82, 2.24) is 8.79 Å². The molecule has 1 aromatic heterocycles. The number of amides is 1. The highest BCUT2D eigenvalue weighted by Gasteiger charge is 2.38. The van der Waals surface area contributed by atoms with Crippen LogP contribution in [0.15, 0.2) is 59.2 Å². The summed E-state index contributed by atoms with van der Waals surface area (Å²) in [4.78, 5) is 13.7. The topological polar surface area (TPSA) is 67.6 Å². The molecule has 1 aliphatic heterocycles. The number of furan rings is 1. The molecule has 31 heavy (non-hydrogen) atoms. The van der Waals surface area contributed by atoms with Crippen molar-refractivity contribution in [2.45, 2.75) is 25.7 Å². The van der Waals surface area contributed by atoms with Gasteiger partial charge in [-0.05, 0) is 37.0 Å². The number of nitrogens with zero attached hydrogens (tertiary/aromatic N) is 2. The van der Waals surface area contributed by atoms with Crippen LogP contribution in [-0.2, 0) is 14.8 Å². The molecule has 2 heterocycles. The standard InChI is InChI=1S/C24H29N2O4S/c1-26(31(2,28)29,15-7-6-13-25-14-8-11-24(25)27)22-18-23-20(12-16-30-23)17-21(22)19-9-4-3-5-10-19/h3-5,9-10,12,16-18H,6-8,11,13-15H2,1-2H3/q+1. The number of unbranched alkanes of at least 4 members (excludes halogenated alkanes) is 1. The van der Waals surface area contributed by atoms with Gasteiger partial charge in [0.2, 0.25) is 5.91 Å². The Labute approximate surface area is 183 Å². The molecule has 7 heteroatoms. The Hall–Kier alpha value is -2.64. The van der Waals surface area contributed by atoms with E-state index in [4.69, 9.17) is 4.42 Å². The number of quaternary nitrogens is 1. The number of likely N-dealkylation sites (tertiary alicyclic amines) is 1. The molecule has 0 radical (unpaired) electrons. The zero-order chi connectivity index (χ0) is 22.1. The lowest BCUT2D eigenvalue weighted by molar-refractivity contribution is -0.127. The lowest BCUT2D eigenvalue weighted by Gasteiger charge is -2.33. The van der Waals surface area contributed by atoms with E-state index in [9.17, 15) is 13.2 Å². The predicted octanol–water partition coefficient (Wildman–Crippen LogP) is 4.40. The average molecular weight is 442 g/mol. The van der Waals surface area contributed by atoms with Gasteiger partial charge in [-0.25, -0.2) is 0 Å². The highest BCUT2D eigenvalue weighted by Crippen LogP contribution is 2.40. The maximum atomic E-state index is 13.1. The van der Waals surface area contributed by atoms with E-state index in [2.05, 4.69) is 0 Å². The number of rotatable bonds is 8. The van der Waals surface area contributed by atoms with Crippen molar-refractivity contribution in [2.75, 3.05) is 32.9 Å². The highest BCUT2D eigenvalue weighted by atomic mass is 32.2. The van der Waals surface area contributed by atoms with E-state index in [1.54, 1.807) is 13.3 Å². The number of carbonyl (C=O) groups excluding carboxylic acids is 1. The van der Waals surface area contributed by atoms with Gasteiger partial charge in [-0.15, -0.1) is 0 Å². The molecule has 0 saturated carbocycles. The Morgan fingerprint density at radius 2 is 1.87 bits per heavy atom. The summed E-state index contributed by atoms with van der Waals surface area (Å²) in [5.41, 5.74) is 3.23. The van der Waals surface area contributed by atoms with Gasteiger partial charge in [0.1, 0.15) is 5.58 Å². The van der Waals surface area contributed by atoms with Crippen LogP contribution in [0.4, 0.5) is 5.69 Å². The molecule has 2 aromatic carbocycles. The number of carbonyl (C=O) groups is 1. The van der Waals surface area contributed by atoms with E-state index < -0.39 is 10.0 Å². The van der Waals surface area contributed by atoms with Gasteiger partial charge < -0.3 is 9.32 Å². The molecule has 0 N–H and O–H groups in total. The van der Waals surface area contributed by atoms with Crippen molar-refractivity contribution >= 4 is 32.6 Å². The third-order valence-corrected chi connectivity index (χ3v) is 8.17. The van der Waals surface area contributed by atoms with Crippen molar-refractivity contribution in [2.24, 2.45) is 0 Å². The van der Waals surface area contributed by atoms with E-state index in [0.29, 0.717) is 37.2 Å². The number of benzene rings is 2. The SMILES string of the molecule is C[N+](CCCCN1CCCC1=O)(c1cc2occc2cc1-c1ccccc1)S(C)(=O)=O. The lowest BCUT2D eigenvalue weighted by atomic mass is 10.0. The molecule has 0 aliphatic carbocycles. The van der Waals surface area contributed by atoms with E-state index in [-0.39, 0.29) is 9.80 Å². The van der Waals surface area contributed by atoms with Gasteiger partial charge in [0.15, 0.2) is 5.69 Å². The molecule has 0 bridgehead atoms. The second-order valence-corrected chi connectivity index (χ2v) is 10.7. The minimum atomic E-state index is -3.49. The van der Waals surface area contributed by atoms with E-state index >= 15 is 0 Å². The molecular formula is C24H29N2O4S+. The van der Waals surface area contributed by atoms with Gasteiger partial charge >= 0.3 is 0 Å². The van der Waals surface area contributed by atoms with Crippen LogP contribution in [0.5, 0.6) is 0 Å². The van der Waals surface area contributed by atoms with Crippen LogP contribution in [0.25, 0.3) is 22.1 Å². The van der Waals surface area contributed by atoms with Crippen LogP contribution in [0.3, 0.4) is 0 Å². The summed E-state index contributed by atoms with van der Waals surface area (Å²) >= 11 is 0. The van der Waals surface area contributed by atoms with Crippen molar-refractivity contribution in [3.05, 3.63) is 54.8 Å². The molecule has 1 saturated heterocycles. The van der Waals surface area contributed by atoms with E-state index in [0.717, 1.165) is 35.9 Å².